The number of rotatable bonds is 4. The maximum atomic E-state index is 2.41. The highest BCUT2D eigenvalue weighted by Gasteiger charge is 2.32. The van der Waals surface area contributed by atoms with Crippen molar-refractivity contribution in [1.82, 2.24) is 0 Å². The predicted molar refractivity (Wildman–Crippen MR) is 82.1 cm³/mol. The maximum Gasteiger partial charge on any atom is -0.0106 e. The van der Waals surface area contributed by atoms with E-state index in [2.05, 4.69) is 72.7 Å². The first kappa shape index (κ1) is 15.3. The molecule has 0 N–H and O–H groups in total. The first-order chi connectivity index (χ1) is 8.15. The van der Waals surface area contributed by atoms with Gasteiger partial charge in [-0.1, -0.05) is 77.8 Å². The van der Waals surface area contributed by atoms with Gasteiger partial charge in [-0.25, -0.2) is 0 Å². The predicted octanol–water partition coefficient (Wildman–Crippen LogP) is 5.95. The van der Waals surface area contributed by atoms with E-state index in [1.807, 2.05) is 0 Å². The largest absolute Gasteiger partial charge is 0.0649 e. The lowest BCUT2D eigenvalue weighted by atomic mass is 9.67. The Balaban J connectivity index is 3.08. The summed E-state index contributed by atoms with van der Waals surface area (Å²) in [5, 5.41) is 0. The standard InChI is InChI=1S/C18H30/c1-8-18(6,7)16(13-17(3,4)5)15-11-9-14(2)10-12-15/h9-12,16H,8,13H2,1-7H3. The minimum absolute atomic E-state index is 0.364. The summed E-state index contributed by atoms with van der Waals surface area (Å²) in [4.78, 5) is 0. The molecule has 1 rings (SSSR count). The highest BCUT2D eigenvalue weighted by molar-refractivity contribution is 5.26. The fourth-order valence-corrected chi connectivity index (χ4v) is 2.50. The van der Waals surface area contributed by atoms with Crippen molar-refractivity contribution in [3.05, 3.63) is 35.4 Å². The molecule has 0 fully saturated rings. The average molecular weight is 246 g/mol. The molecule has 0 bridgehead atoms. The molecule has 0 nitrogen and oxygen atoms in total. The van der Waals surface area contributed by atoms with Gasteiger partial charge in [-0.15, -0.1) is 0 Å². The second-order valence-electron chi connectivity index (χ2n) is 7.57. The molecule has 0 aromatic heterocycles. The lowest BCUT2D eigenvalue weighted by molar-refractivity contribution is 0.203. The van der Waals surface area contributed by atoms with Crippen LogP contribution in [0.2, 0.25) is 0 Å². The van der Waals surface area contributed by atoms with Crippen LogP contribution in [-0.4, -0.2) is 0 Å². The van der Waals surface area contributed by atoms with Crippen LogP contribution in [0.5, 0.6) is 0 Å². The monoisotopic (exact) mass is 246 g/mol. The number of hydrogen-bond acceptors (Lipinski definition) is 0. The van der Waals surface area contributed by atoms with Gasteiger partial charge in [0.1, 0.15) is 0 Å². The molecule has 0 aliphatic rings. The molecule has 1 aromatic carbocycles. The zero-order valence-electron chi connectivity index (χ0n) is 13.3. The Hall–Kier alpha value is -0.780. The molecular weight excluding hydrogens is 216 g/mol. The summed E-state index contributed by atoms with van der Waals surface area (Å²) in [5.74, 6) is 0.642. The first-order valence-electron chi connectivity index (χ1n) is 7.22. The molecule has 0 heteroatoms. The minimum Gasteiger partial charge on any atom is -0.0649 e. The van der Waals surface area contributed by atoms with Gasteiger partial charge in [-0.2, -0.15) is 0 Å². The molecule has 0 aliphatic carbocycles. The van der Waals surface area contributed by atoms with Gasteiger partial charge in [0.05, 0.1) is 0 Å². The zero-order chi connectivity index (χ0) is 14.0. The van der Waals surface area contributed by atoms with Crippen LogP contribution in [0.1, 0.15) is 71.4 Å². The molecule has 0 saturated heterocycles. The van der Waals surface area contributed by atoms with Crippen molar-refractivity contribution < 1.29 is 0 Å². The van der Waals surface area contributed by atoms with Gasteiger partial charge in [0.15, 0.2) is 0 Å². The molecule has 0 aliphatic heterocycles. The quantitative estimate of drug-likeness (QED) is 0.615. The Labute approximate surface area is 114 Å². The summed E-state index contributed by atoms with van der Waals surface area (Å²) < 4.78 is 0. The Kier molecular flexibility index (Phi) is 4.64. The zero-order valence-corrected chi connectivity index (χ0v) is 13.3. The van der Waals surface area contributed by atoms with Crippen LogP contribution in [0.4, 0.5) is 0 Å². The highest BCUT2D eigenvalue weighted by atomic mass is 14.4. The fraction of sp³-hybridized carbons (Fsp3) is 0.667. The second kappa shape index (κ2) is 5.47. The third kappa shape index (κ3) is 4.15. The van der Waals surface area contributed by atoms with Gasteiger partial charge in [0.25, 0.3) is 0 Å². The van der Waals surface area contributed by atoms with Crippen LogP contribution < -0.4 is 0 Å². The van der Waals surface area contributed by atoms with Gasteiger partial charge < -0.3 is 0 Å². The Bertz CT molecular complexity index is 362. The van der Waals surface area contributed by atoms with Crippen molar-refractivity contribution in [2.24, 2.45) is 10.8 Å². The fourth-order valence-electron chi connectivity index (χ4n) is 2.50. The van der Waals surface area contributed by atoms with Crippen LogP contribution in [0.3, 0.4) is 0 Å². The number of hydrogen-bond donors (Lipinski definition) is 0. The molecule has 1 unspecified atom stereocenters. The summed E-state index contributed by atoms with van der Waals surface area (Å²) in [6.45, 7) is 16.3. The van der Waals surface area contributed by atoms with Crippen molar-refractivity contribution in [3.63, 3.8) is 0 Å². The number of aryl methyl sites for hydroxylation is 1. The van der Waals surface area contributed by atoms with Crippen LogP contribution in [-0.2, 0) is 0 Å². The van der Waals surface area contributed by atoms with E-state index in [1.54, 1.807) is 0 Å². The van der Waals surface area contributed by atoms with Gasteiger partial charge >= 0.3 is 0 Å². The molecule has 0 radical (unpaired) electrons. The van der Waals surface area contributed by atoms with E-state index in [1.165, 1.54) is 24.0 Å². The van der Waals surface area contributed by atoms with Gasteiger partial charge in [0, 0.05) is 0 Å². The summed E-state index contributed by atoms with van der Waals surface area (Å²) in [6, 6.07) is 9.14. The molecule has 0 spiro atoms. The lowest BCUT2D eigenvalue weighted by Gasteiger charge is -2.38. The van der Waals surface area contributed by atoms with E-state index in [0.717, 1.165) is 0 Å². The molecular formula is C18H30. The minimum atomic E-state index is 0.364. The topological polar surface area (TPSA) is 0 Å². The molecule has 1 aromatic rings. The van der Waals surface area contributed by atoms with Crippen LogP contribution >= 0.6 is 0 Å². The molecule has 102 valence electrons. The third-order valence-electron chi connectivity index (χ3n) is 4.15. The second-order valence-corrected chi connectivity index (χ2v) is 7.57. The van der Waals surface area contributed by atoms with Crippen LogP contribution in [0.25, 0.3) is 0 Å². The smallest absolute Gasteiger partial charge is 0.0106 e. The van der Waals surface area contributed by atoms with Gasteiger partial charge in [-0.3, -0.25) is 0 Å². The average Bonchev–Trinajstić information content (AvgIpc) is 2.26. The van der Waals surface area contributed by atoms with E-state index < -0.39 is 0 Å². The van der Waals surface area contributed by atoms with Crippen LogP contribution in [0, 0.1) is 17.8 Å². The summed E-state index contributed by atoms with van der Waals surface area (Å²) in [6.07, 6.45) is 2.47. The van der Waals surface area contributed by atoms with Gasteiger partial charge in [-0.05, 0) is 35.7 Å². The van der Waals surface area contributed by atoms with E-state index in [9.17, 15) is 0 Å². The lowest BCUT2D eigenvalue weighted by Crippen LogP contribution is -2.25. The van der Waals surface area contributed by atoms with Crippen molar-refractivity contribution in [2.45, 2.75) is 67.2 Å². The molecule has 0 heterocycles. The molecule has 1 atom stereocenters. The Morgan fingerprint density at radius 2 is 1.44 bits per heavy atom. The van der Waals surface area contributed by atoms with E-state index in [0.29, 0.717) is 16.7 Å². The van der Waals surface area contributed by atoms with Crippen molar-refractivity contribution in [3.8, 4) is 0 Å². The van der Waals surface area contributed by atoms with E-state index in [4.69, 9.17) is 0 Å². The Morgan fingerprint density at radius 3 is 1.83 bits per heavy atom. The van der Waals surface area contributed by atoms with Crippen molar-refractivity contribution >= 4 is 0 Å². The SMILES string of the molecule is CCC(C)(C)C(CC(C)(C)C)c1ccc(C)cc1. The van der Waals surface area contributed by atoms with Crippen molar-refractivity contribution in [2.75, 3.05) is 0 Å². The normalized spacial score (nSPS) is 14.6. The first-order valence-corrected chi connectivity index (χ1v) is 7.22. The Morgan fingerprint density at radius 1 is 0.944 bits per heavy atom. The highest BCUT2D eigenvalue weighted by Crippen LogP contribution is 2.45. The molecule has 0 amide bonds. The van der Waals surface area contributed by atoms with Gasteiger partial charge in [0.2, 0.25) is 0 Å². The van der Waals surface area contributed by atoms with E-state index >= 15 is 0 Å². The van der Waals surface area contributed by atoms with E-state index in [-0.39, 0.29) is 0 Å². The summed E-state index contributed by atoms with van der Waals surface area (Å²) in [5.41, 5.74) is 3.59. The molecule has 0 saturated carbocycles. The summed E-state index contributed by atoms with van der Waals surface area (Å²) in [7, 11) is 0. The maximum absolute atomic E-state index is 2.41. The van der Waals surface area contributed by atoms with Crippen molar-refractivity contribution in [1.29, 1.82) is 0 Å². The third-order valence-corrected chi connectivity index (χ3v) is 4.15. The molecule has 18 heavy (non-hydrogen) atoms. The summed E-state index contributed by atoms with van der Waals surface area (Å²) >= 11 is 0. The number of benzene rings is 1. The van der Waals surface area contributed by atoms with Crippen LogP contribution in [0.15, 0.2) is 24.3 Å².